The van der Waals surface area contributed by atoms with E-state index in [1.54, 1.807) is 41.2 Å². The fourth-order valence-corrected chi connectivity index (χ4v) is 4.64. The summed E-state index contributed by atoms with van der Waals surface area (Å²) in [6, 6.07) is 15.3. The van der Waals surface area contributed by atoms with Gasteiger partial charge in [0, 0.05) is 19.0 Å². The molecule has 0 spiro atoms. The molecule has 2 aliphatic heterocycles. The first-order valence-corrected chi connectivity index (χ1v) is 10.7. The van der Waals surface area contributed by atoms with Crippen LogP contribution in [0.5, 0.6) is 5.75 Å². The molecule has 0 N–H and O–H groups in total. The third-order valence-electron chi connectivity index (χ3n) is 6.41. The lowest BCUT2D eigenvalue weighted by atomic mass is 10.0. The van der Waals surface area contributed by atoms with E-state index < -0.39 is 6.04 Å². The van der Waals surface area contributed by atoms with Crippen molar-refractivity contribution in [3.8, 4) is 5.75 Å². The summed E-state index contributed by atoms with van der Waals surface area (Å²) in [4.78, 5) is 44.7. The molecule has 4 amide bonds. The zero-order chi connectivity index (χ0) is 21.5. The van der Waals surface area contributed by atoms with Crippen molar-refractivity contribution in [1.82, 2.24) is 9.80 Å². The Balaban J connectivity index is 1.52. The van der Waals surface area contributed by atoms with Crippen molar-refractivity contribution in [2.24, 2.45) is 5.92 Å². The van der Waals surface area contributed by atoms with Gasteiger partial charge in [-0.2, -0.15) is 0 Å². The van der Waals surface area contributed by atoms with E-state index in [1.165, 1.54) is 4.90 Å². The molecule has 1 aliphatic carbocycles. The van der Waals surface area contributed by atoms with E-state index >= 15 is 0 Å². The highest BCUT2D eigenvalue weighted by Crippen LogP contribution is 2.38. The largest absolute Gasteiger partial charge is 0.497 e. The SMILES string of the molecule is COc1ccc(N2C(=O)[C@H]3[C@@H](CCN3C(=O)C3CC3)N(Cc3ccccc3)C2=O)cc1. The smallest absolute Gasteiger partial charge is 0.332 e. The van der Waals surface area contributed by atoms with E-state index in [2.05, 4.69) is 0 Å². The van der Waals surface area contributed by atoms with Gasteiger partial charge in [0.05, 0.1) is 18.8 Å². The molecule has 2 aromatic carbocycles. The first kappa shape index (κ1) is 19.6. The van der Waals surface area contributed by atoms with Crippen molar-refractivity contribution in [3.05, 3.63) is 60.2 Å². The maximum atomic E-state index is 13.6. The van der Waals surface area contributed by atoms with E-state index in [-0.39, 0.29) is 29.8 Å². The topological polar surface area (TPSA) is 70.2 Å². The number of urea groups is 1. The van der Waals surface area contributed by atoms with Crippen LogP contribution in [0, 0.1) is 5.92 Å². The number of benzene rings is 2. The molecule has 31 heavy (non-hydrogen) atoms. The van der Waals surface area contributed by atoms with Crippen LogP contribution in [0.1, 0.15) is 24.8 Å². The van der Waals surface area contributed by atoms with Crippen LogP contribution >= 0.6 is 0 Å². The maximum Gasteiger partial charge on any atom is 0.332 e. The molecule has 2 heterocycles. The molecule has 0 radical (unpaired) electrons. The number of hydrogen-bond acceptors (Lipinski definition) is 4. The first-order valence-electron chi connectivity index (χ1n) is 10.7. The molecule has 1 saturated carbocycles. The van der Waals surface area contributed by atoms with Crippen LogP contribution in [-0.2, 0) is 16.1 Å². The van der Waals surface area contributed by atoms with Gasteiger partial charge in [-0.05, 0) is 49.1 Å². The summed E-state index contributed by atoms with van der Waals surface area (Å²) in [6.07, 6.45) is 2.38. The Bertz CT molecular complexity index is 1000. The van der Waals surface area contributed by atoms with Gasteiger partial charge in [0.15, 0.2) is 0 Å². The summed E-state index contributed by atoms with van der Waals surface area (Å²) in [5.41, 5.74) is 1.48. The average Bonchev–Trinajstić information content (AvgIpc) is 3.55. The molecule has 7 heteroatoms. The summed E-state index contributed by atoms with van der Waals surface area (Å²) < 4.78 is 5.21. The van der Waals surface area contributed by atoms with E-state index in [4.69, 9.17) is 4.74 Å². The molecule has 3 aliphatic rings. The minimum atomic E-state index is -0.642. The van der Waals surface area contributed by atoms with Crippen LogP contribution in [0.4, 0.5) is 10.5 Å². The molecule has 0 unspecified atom stereocenters. The zero-order valence-corrected chi connectivity index (χ0v) is 17.4. The number of rotatable bonds is 5. The van der Waals surface area contributed by atoms with Gasteiger partial charge in [-0.25, -0.2) is 9.69 Å². The van der Waals surface area contributed by atoms with Gasteiger partial charge in [0.2, 0.25) is 5.91 Å². The summed E-state index contributed by atoms with van der Waals surface area (Å²) in [7, 11) is 1.57. The second kappa shape index (κ2) is 7.72. The highest BCUT2D eigenvalue weighted by molar-refractivity contribution is 6.19. The number of anilines is 1. The predicted octanol–water partition coefficient (Wildman–Crippen LogP) is 3.04. The molecule has 0 bridgehead atoms. The lowest BCUT2D eigenvalue weighted by Crippen LogP contribution is -2.66. The Hall–Kier alpha value is -3.35. The molecule has 5 rings (SSSR count). The van der Waals surface area contributed by atoms with Crippen molar-refractivity contribution < 1.29 is 19.1 Å². The summed E-state index contributed by atoms with van der Waals surface area (Å²) in [5, 5.41) is 0. The zero-order valence-electron chi connectivity index (χ0n) is 17.4. The Morgan fingerprint density at radius 3 is 2.35 bits per heavy atom. The van der Waals surface area contributed by atoms with Gasteiger partial charge in [0.1, 0.15) is 11.8 Å². The van der Waals surface area contributed by atoms with E-state index in [0.717, 1.165) is 18.4 Å². The van der Waals surface area contributed by atoms with Crippen LogP contribution in [0.15, 0.2) is 54.6 Å². The van der Waals surface area contributed by atoms with Gasteiger partial charge in [-0.3, -0.25) is 9.59 Å². The number of hydrogen-bond donors (Lipinski definition) is 0. The lowest BCUT2D eigenvalue weighted by molar-refractivity contribution is -0.140. The quantitative estimate of drug-likeness (QED) is 0.747. The Labute approximate surface area is 181 Å². The number of carbonyl (C=O) groups is 3. The van der Waals surface area contributed by atoms with Crippen LogP contribution in [0.25, 0.3) is 0 Å². The van der Waals surface area contributed by atoms with Crippen LogP contribution in [0.2, 0.25) is 0 Å². The second-order valence-electron chi connectivity index (χ2n) is 8.37. The van der Waals surface area contributed by atoms with Crippen molar-refractivity contribution in [3.63, 3.8) is 0 Å². The Morgan fingerprint density at radius 1 is 1.00 bits per heavy atom. The van der Waals surface area contributed by atoms with Crippen LogP contribution < -0.4 is 9.64 Å². The molecule has 3 fully saturated rings. The van der Waals surface area contributed by atoms with Crippen molar-refractivity contribution in [2.75, 3.05) is 18.6 Å². The van der Waals surface area contributed by atoms with E-state index in [0.29, 0.717) is 30.9 Å². The molecular formula is C24H25N3O4. The number of carbonyl (C=O) groups excluding carboxylic acids is 3. The number of amides is 4. The number of methoxy groups -OCH3 is 1. The second-order valence-corrected chi connectivity index (χ2v) is 8.37. The van der Waals surface area contributed by atoms with E-state index in [9.17, 15) is 14.4 Å². The third-order valence-corrected chi connectivity index (χ3v) is 6.41. The Morgan fingerprint density at radius 2 is 1.71 bits per heavy atom. The first-order chi connectivity index (χ1) is 15.1. The van der Waals surface area contributed by atoms with E-state index in [1.807, 2.05) is 30.3 Å². The standard InChI is InChI=1S/C24H25N3O4/c1-31-19-11-9-18(10-12-19)27-23(29)21-20(13-14-25(21)22(28)17-7-8-17)26(24(27)30)15-16-5-3-2-4-6-16/h2-6,9-12,17,20-21H,7-8,13-15H2,1H3/t20-,21-/m1/s1. The van der Waals surface area contributed by atoms with Gasteiger partial charge in [0.25, 0.3) is 5.91 Å². The predicted molar refractivity (Wildman–Crippen MR) is 114 cm³/mol. The highest BCUT2D eigenvalue weighted by Gasteiger charge is 2.54. The molecule has 7 nitrogen and oxygen atoms in total. The monoisotopic (exact) mass is 419 g/mol. The van der Waals surface area contributed by atoms with Crippen LogP contribution in [-0.4, -0.2) is 53.4 Å². The minimum absolute atomic E-state index is 0.0289. The summed E-state index contributed by atoms with van der Waals surface area (Å²) in [6.45, 7) is 0.900. The number of likely N-dealkylation sites (tertiary alicyclic amines) is 1. The lowest BCUT2D eigenvalue weighted by Gasteiger charge is -2.43. The fourth-order valence-electron chi connectivity index (χ4n) is 4.64. The van der Waals surface area contributed by atoms with Gasteiger partial charge < -0.3 is 14.5 Å². The van der Waals surface area contributed by atoms with Crippen LogP contribution in [0.3, 0.4) is 0 Å². The number of fused-ring (bicyclic) bond motifs is 1. The maximum absolute atomic E-state index is 13.6. The molecule has 160 valence electrons. The van der Waals surface area contributed by atoms with Crippen molar-refractivity contribution in [1.29, 1.82) is 0 Å². The number of nitrogens with zero attached hydrogens (tertiary/aromatic N) is 3. The minimum Gasteiger partial charge on any atom is -0.497 e. The molecule has 2 saturated heterocycles. The van der Waals surface area contributed by atoms with Crippen molar-refractivity contribution in [2.45, 2.75) is 37.9 Å². The number of ether oxygens (including phenoxy) is 1. The molecular weight excluding hydrogens is 394 g/mol. The normalized spacial score (nSPS) is 23.2. The van der Waals surface area contributed by atoms with Crippen molar-refractivity contribution >= 4 is 23.5 Å². The molecule has 2 aromatic rings. The number of imide groups is 1. The van der Waals surface area contributed by atoms with Gasteiger partial charge >= 0.3 is 6.03 Å². The average molecular weight is 419 g/mol. The third kappa shape index (κ3) is 3.44. The van der Waals surface area contributed by atoms with Gasteiger partial charge in [-0.1, -0.05) is 30.3 Å². The molecule has 0 aromatic heterocycles. The molecule has 2 atom stereocenters. The summed E-state index contributed by atoms with van der Waals surface area (Å²) >= 11 is 0. The van der Waals surface area contributed by atoms with Gasteiger partial charge in [-0.15, -0.1) is 0 Å². The Kier molecular flexibility index (Phi) is 4.88. The fraction of sp³-hybridized carbons (Fsp3) is 0.375. The highest BCUT2D eigenvalue weighted by atomic mass is 16.5. The summed E-state index contributed by atoms with van der Waals surface area (Å²) in [5.74, 6) is 0.396.